The molecule has 1 rings (SSSR count). The third kappa shape index (κ3) is 3.02. The summed E-state index contributed by atoms with van der Waals surface area (Å²) >= 11 is 4.63. The number of thiocarbonyl (C=S) groups is 1. The number of benzene rings is 1. The van der Waals surface area contributed by atoms with Gasteiger partial charge in [-0.05, 0) is 29.9 Å². The molecule has 1 aromatic carbocycles. The van der Waals surface area contributed by atoms with E-state index in [1.807, 2.05) is 0 Å². The second-order valence-electron chi connectivity index (χ2n) is 2.72. The predicted molar refractivity (Wildman–Crippen MR) is 57.0 cm³/mol. The lowest BCUT2D eigenvalue weighted by Gasteiger charge is -2.04. The quantitative estimate of drug-likeness (QED) is 0.641. The number of aromatic carboxylic acids is 1. The summed E-state index contributed by atoms with van der Waals surface area (Å²) in [4.78, 5) is 10.6. The molecule has 0 fully saturated rings. The van der Waals surface area contributed by atoms with Gasteiger partial charge in [-0.25, -0.2) is 4.79 Å². The van der Waals surface area contributed by atoms with Crippen LogP contribution in [0.3, 0.4) is 0 Å². The fourth-order valence-corrected chi connectivity index (χ4v) is 1.08. The third-order valence-corrected chi connectivity index (χ3v) is 1.79. The van der Waals surface area contributed by atoms with Crippen LogP contribution in [0.4, 0.5) is 0 Å². The topological polar surface area (TPSA) is 75.3 Å². The van der Waals surface area contributed by atoms with Crippen molar-refractivity contribution in [1.29, 1.82) is 0 Å². The van der Waals surface area contributed by atoms with Gasteiger partial charge in [0.25, 0.3) is 0 Å². The van der Waals surface area contributed by atoms with Crippen LogP contribution in [0.5, 0.6) is 0 Å². The number of carbonyl (C=O) groups is 1. The summed E-state index contributed by atoms with van der Waals surface area (Å²) in [5.41, 5.74) is 6.33. The molecule has 0 aliphatic heterocycles. The predicted octanol–water partition coefficient (Wildman–Crippen LogP) is 0.718. The second kappa shape index (κ2) is 4.57. The Balaban J connectivity index is 2.73. The van der Waals surface area contributed by atoms with Gasteiger partial charge in [0, 0.05) is 6.54 Å². The smallest absolute Gasteiger partial charge is 0.335 e. The zero-order chi connectivity index (χ0) is 10.6. The van der Waals surface area contributed by atoms with E-state index in [1.54, 1.807) is 18.2 Å². The molecule has 0 unspecified atom stereocenters. The minimum atomic E-state index is -0.942. The van der Waals surface area contributed by atoms with E-state index in [1.165, 1.54) is 6.07 Å². The molecule has 1 aromatic rings. The average Bonchev–Trinajstić information content (AvgIpc) is 2.15. The lowest BCUT2D eigenvalue weighted by Crippen LogP contribution is -2.28. The highest BCUT2D eigenvalue weighted by Gasteiger charge is 2.02. The zero-order valence-corrected chi connectivity index (χ0v) is 8.17. The molecule has 0 bridgehead atoms. The zero-order valence-electron chi connectivity index (χ0n) is 7.36. The van der Waals surface area contributed by atoms with Crippen molar-refractivity contribution in [3.63, 3.8) is 0 Å². The van der Waals surface area contributed by atoms with Crippen LogP contribution in [-0.4, -0.2) is 16.2 Å². The SMILES string of the molecule is NC(=S)NCc1cccc(C(=O)O)c1. The molecule has 0 saturated carbocycles. The average molecular weight is 210 g/mol. The summed E-state index contributed by atoms with van der Waals surface area (Å²) in [6, 6.07) is 6.60. The number of nitrogens with two attached hydrogens (primary N) is 1. The maximum absolute atomic E-state index is 10.6. The van der Waals surface area contributed by atoms with E-state index >= 15 is 0 Å². The van der Waals surface area contributed by atoms with Gasteiger partial charge in [0.1, 0.15) is 0 Å². The number of hydrogen-bond acceptors (Lipinski definition) is 2. The summed E-state index contributed by atoms with van der Waals surface area (Å²) in [5.74, 6) is -0.942. The Bertz CT molecular complexity index is 366. The van der Waals surface area contributed by atoms with Crippen LogP contribution < -0.4 is 11.1 Å². The molecular formula is C9H10N2O2S. The van der Waals surface area contributed by atoms with Gasteiger partial charge < -0.3 is 16.2 Å². The van der Waals surface area contributed by atoms with Crippen LogP contribution in [0, 0.1) is 0 Å². The highest BCUT2D eigenvalue weighted by molar-refractivity contribution is 7.80. The first-order chi connectivity index (χ1) is 6.59. The van der Waals surface area contributed by atoms with E-state index in [4.69, 9.17) is 10.8 Å². The van der Waals surface area contributed by atoms with Crippen LogP contribution in [0.15, 0.2) is 24.3 Å². The highest BCUT2D eigenvalue weighted by Crippen LogP contribution is 2.04. The minimum absolute atomic E-state index is 0.200. The molecule has 0 radical (unpaired) electrons. The summed E-state index contributed by atoms with van der Waals surface area (Å²) < 4.78 is 0. The molecule has 14 heavy (non-hydrogen) atoms. The van der Waals surface area contributed by atoms with Crippen molar-refractivity contribution in [3.05, 3.63) is 35.4 Å². The Morgan fingerprint density at radius 2 is 2.29 bits per heavy atom. The van der Waals surface area contributed by atoms with Crippen molar-refractivity contribution < 1.29 is 9.90 Å². The lowest BCUT2D eigenvalue weighted by molar-refractivity contribution is 0.0697. The normalized spacial score (nSPS) is 9.43. The Morgan fingerprint density at radius 1 is 1.57 bits per heavy atom. The van der Waals surface area contributed by atoms with Crippen molar-refractivity contribution in [3.8, 4) is 0 Å². The first-order valence-corrected chi connectivity index (χ1v) is 4.36. The number of hydrogen-bond donors (Lipinski definition) is 3. The molecule has 5 heteroatoms. The maximum atomic E-state index is 10.6. The van der Waals surface area contributed by atoms with Gasteiger partial charge in [0.2, 0.25) is 0 Å². The van der Waals surface area contributed by atoms with Gasteiger partial charge >= 0.3 is 5.97 Å². The van der Waals surface area contributed by atoms with Crippen LogP contribution in [-0.2, 0) is 6.54 Å². The molecule has 0 spiro atoms. The molecule has 74 valence electrons. The van der Waals surface area contributed by atoms with E-state index in [0.717, 1.165) is 5.56 Å². The Labute approximate surface area is 86.7 Å². The molecule has 4 N–H and O–H groups in total. The van der Waals surface area contributed by atoms with Gasteiger partial charge in [0.15, 0.2) is 5.11 Å². The standard InChI is InChI=1S/C9H10N2O2S/c10-9(14)11-5-6-2-1-3-7(4-6)8(12)13/h1-4H,5H2,(H,12,13)(H3,10,11,14). The molecule has 0 aliphatic carbocycles. The fraction of sp³-hybridized carbons (Fsp3) is 0.111. The maximum Gasteiger partial charge on any atom is 0.335 e. The summed E-state index contributed by atoms with van der Waals surface area (Å²) in [7, 11) is 0. The van der Waals surface area contributed by atoms with E-state index in [9.17, 15) is 4.79 Å². The van der Waals surface area contributed by atoms with Gasteiger partial charge in [-0.15, -0.1) is 0 Å². The van der Waals surface area contributed by atoms with Crippen molar-refractivity contribution in [2.24, 2.45) is 5.73 Å². The summed E-state index contributed by atoms with van der Waals surface area (Å²) in [5, 5.41) is 11.7. The first-order valence-electron chi connectivity index (χ1n) is 3.95. The van der Waals surface area contributed by atoms with E-state index in [-0.39, 0.29) is 10.7 Å². The lowest BCUT2D eigenvalue weighted by atomic mass is 10.1. The summed E-state index contributed by atoms with van der Waals surface area (Å²) in [6.45, 7) is 0.441. The number of rotatable bonds is 3. The van der Waals surface area contributed by atoms with Crippen molar-refractivity contribution in [2.75, 3.05) is 0 Å². The highest BCUT2D eigenvalue weighted by atomic mass is 32.1. The van der Waals surface area contributed by atoms with Crippen LogP contribution in [0.1, 0.15) is 15.9 Å². The van der Waals surface area contributed by atoms with E-state index in [0.29, 0.717) is 6.54 Å². The fourth-order valence-electron chi connectivity index (χ4n) is 1.00. The molecule has 0 saturated heterocycles. The van der Waals surface area contributed by atoms with E-state index in [2.05, 4.69) is 17.5 Å². The van der Waals surface area contributed by atoms with Crippen molar-refractivity contribution in [1.82, 2.24) is 5.32 Å². The van der Waals surface area contributed by atoms with Crippen molar-refractivity contribution in [2.45, 2.75) is 6.54 Å². The molecule has 4 nitrogen and oxygen atoms in total. The molecular weight excluding hydrogens is 200 g/mol. The van der Waals surface area contributed by atoms with Crippen LogP contribution in [0.25, 0.3) is 0 Å². The molecule has 0 atom stereocenters. The molecule has 0 amide bonds. The first kappa shape index (κ1) is 10.5. The summed E-state index contributed by atoms with van der Waals surface area (Å²) in [6.07, 6.45) is 0. The Morgan fingerprint density at radius 3 is 2.86 bits per heavy atom. The monoisotopic (exact) mass is 210 g/mol. The van der Waals surface area contributed by atoms with E-state index < -0.39 is 5.97 Å². The van der Waals surface area contributed by atoms with Gasteiger partial charge in [-0.2, -0.15) is 0 Å². The largest absolute Gasteiger partial charge is 0.478 e. The van der Waals surface area contributed by atoms with Gasteiger partial charge in [-0.3, -0.25) is 0 Å². The van der Waals surface area contributed by atoms with Gasteiger partial charge in [0.05, 0.1) is 5.56 Å². The van der Waals surface area contributed by atoms with Crippen LogP contribution >= 0.6 is 12.2 Å². The third-order valence-electron chi connectivity index (χ3n) is 1.64. The van der Waals surface area contributed by atoms with Crippen molar-refractivity contribution >= 4 is 23.3 Å². The molecule has 0 aliphatic rings. The van der Waals surface area contributed by atoms with Gasteiger partial charge in [-0.1, -0.05) is 12.1 Å². The van der Waals surface area contributed by atoms with Crippen LogP contribution in [0.2, 0.25) is 0 Å². The number of carboxylic acids is 1. The Hall–Kier alpha value is -1.62. The number of nitrogens with one attached hydrogen (secondary N) is 1. The molecule has 0 aromatic heterocycles. The molecule has 0 heterocycles. The number of carboxylic acid groups (broad SMARTS) is 1. The minimum Gasteiger partial charge on any atom is -0.478 e. The second-order valence-corrected chi connectivity index (χ2v) is 3.16. The Kier molecular flexibility index (Phi) is 3.41.